The lowest BCUT2D eigenvalue weighted by atomic mass is 10.6. The summed E-state index contributed by atoms with van der Waals surface area (Å²) in [6.45, 7) is 3.28. The number of aliphatic imine (C=N–C) groups is 1. The Morgan fingerprint density at radius 1 is 1.40 bits per heavy atom. The van der Waals surface area contributed by atoms with Crippen molar-refractivity contribution >= 4 is 40.0 Å². The molecule has 0 atom stereocenters. The van der Waals surface area contributed by atoms with E-state index in [1.807, 2.05) is 0 Å². The first kappa shape index (κ1) is 9.82. The molecule has 10 heavy (non-hydrogen) atoms. The van der Waals surface area contributed by atoms with Gasteiger partial charge in [0.2, 0.25) is 0 Å². The molecular formula is C5H5Cl3N2. The van der Waals surface area contributed by atoms with Crippen LogP contribution in [0, 0.1) is 0 Å². The maximum atomic E-state index is 5.45. The summed E-state index contributed by atoms with van der Waals surface area (Å²) in [5.74, 6) is 0. The lowest BCUT2D eigenvalue weighted by Gasteiger charge is -1.91. The summed E-state index contributed by atoms with van der Waals surface area (Å²) in [5.41, 5.74) is 5.02. The summed E-state index contributed by atoms with van der Waals surface area (Å²) in [7, 11) is 0. The lowest BCUT2D eigenvalue weighted by Crippen LogP contribution is -1.90. The van der Waals surface area contributed by atoms with Gasteiger partial charge in [0, 0.05) is 6.20 Å². The first-order valence-corrected chi connectivity index (χ1v) is 3.37. The van der Waals surface area contributed by atoms with Crippen molar-refractivity contribution in [1.29, 1.82) is 0 Å². The molecule has 0 aliphatic rings. The Morgan fingerprint density at radius 2 is 1.90 bits per heavy atom. The highest BCUT2D eigenvalue weighted by molar-refractivity contribution is 6.76. The van der Waals surface area contributed by atoms with Gasteiger partial charge < -0.3 is 5.73 Å². The minimum atomic E-state index is 0.0316. The van der Waals surface area contributed by atoms with Crippen LogP contribution in [-0.4, -0.2) is 5.17 Å². The lowest BCUT2D eigenvalue weighted by molar-refractivity contribution is 1.53. The van der Waals surface area contributed by atoms with Crippen molar-refractivity contribution in [2.75, 3.05) is 0 Å². The van der Waals surface area contributed by atoms with Crippen LogP contribution in [0.5, 0.6) is 0 Å². The predicted molar refractivity (Wildman–Crippen MR) is 46.4 cm³/mol. The van der Waals surface area contributed by atoms with E-state index in [1.165, 1.54) is 0 Å². The predicted octanol–water partition coefficient (Wildman–Crippen LogP) is 2.37. The quantitative estimate of drug-likeness (QED) is 0.538. The Labute approximate surface area is 74.0 Å². The van der Waals surface area contributed by atoms with E-state index in [-0.39, 0.29) is 15.4 Å². The van der Waals surface area contributed by atoms with Gasteiger partial charge in [-0.1, -0.05) is 41.4 Å². The molecule has 0 saturated heterocycles. The van der Waals surface area contributed by atoms with E-state index in [1.54, 1.807) is 0 Å². The molecule has 0 rings (SSSR count). The SMILES string of the molecule is C=C(Cl)N=C(Cl)/C(Cl)=C\N. The molecule has 0 aromatic carbocycles. The van der Waals surface area contributed by atoms with Crippen molar-refractivity contribution in [3.05, 3.63) is 23.0 Å². The summed E-state index contributed by atoms with van der Waals surface area (Å²) >= 11 is 16.2. The minimum Gasteiger partial charge on any atom is -0.403 e. The van der Waals surface area contributed by atoms with E-state index >= 15 is 0 Å². The average molecular weight is 199 g/mol. The largest absolute Gasteiger partial charge is 0.403 e. The van der Waals surface area contributed by atoms with Gasteiger partial charge in [-0.2, -0.15) is 0 Å². The Kier molecular flexibility index (Phi) is 4.52. The smallest absolute Gasteiger partial charge is 0.150 e. The fraction of sp³-hybridized carbons (Fsp3) is 0. The van der Waals surface area contributed by atoms with Gasteiger partial charge in [-0.3, -0.25) is 0 Å². The van der Waals surface area contributed by atoms with Gasteiger partial charge in [-0.25, -0.2) is 4.99 Å². The van der Waals surface area contributed by atoms with E-state index in [0.29, 0.717) is 0 Å². The molecule has 0 amide bonds. The van der Waals surface area contributed by atoms with Crippen LogP contribution in [0.2, 0.25) is 0 Å². The topological polar surface area (TPSA) is 38.4 Å². The van der Waals surface area contributed by atoms with E-state index in [4.69, 9.17) is 40.5 Å². The van der Waals surface area contributed by atoms with Crippen LogP contribution in [0.15, 0.2) is 28.0 Å². The molecular weight excluding hydrogens is 194 g/mol. The van der Waals surface area contributed by atoms with Gasteiger partial charge in [-0.05, 0) is 0 Å². The minimum absolute atomic E-state index is 0.0316. The first-order valence-electron chi connectivity index (χ1n) is 2.24. The Morgan fingerprint density at radius 3 is 2.20 bits per heavy atom. The molecule has 0 unspecified atom stereocenters. The van der Waals surface area contributed by atoms with Crippen molar-refractivity contribution < 1.29 is 0 Å². The second kappa shape index (κ2) is 4.61. The fourth-order valence-corrected chi connectivity index (χ4v) is 0.564. The second-order valence-electron chi connectivity index (χ2n) is 1.29. The van der Waals surface area contributed by atoms with Crippen LogP contribution in [0.4, 0.5) is 0 Å². The zero-order chi connectivity index (χ0) is 8.15. The number of hydrogen-bond donors (Lipinski definition) is 1. The van der Waals surface area contributed by atoms with Crippen LogP contribution in [-0.2, 0) is 0 Å². The van der Waals surface area contributed by atoms with Gasteiger partial charge >= 0.3 is 0 Å². The molecule has 0 radical (unpaired) electrons. The third-order valence-electron chi connectivity index (χ3n) is 0.563. The number of allylic oxidation sites excluding steroid dienone is 1. The van der Waals surface area contributed by atoms with Crippen LogP contribution in [0.25, 0.3) is 0 Å². The third kappa shape index (κ3) is 3.77. The molecule has 0 saturated carbocycles. The fourth-order valence-electron chi connectivity index (χ4n) is 0.229. The van der Waals surface area contributed by atoms with Gasteiger partial charge in [0.1, 0.15) is 5.16 Å². The highest BCUT2D eigenvalue weighted by atomic mass is 35.5. The number of nitrogens with zero attached hydrogens (tertiary/aromatic N) is 1. The average Bonchev–Trinajstić information content (AvgIpc) is 1.85. The van der Waals surface area contributed by atoms with Crippen molar-refractivity contribution in [2.45, 2.75) is 0 Å². The van der Waals surface area contributed by atoms with Gasteiger partial charge in [0.05, 0.1) is 5.03 Å². The molecule has 5 heteroatoms. The summed E-state index contributed by atoms with van der Waals surface area (Å²) in [4.78, 5) is 3.52. The number of halogens is 3. The van der Waals surface area contributed by atoms with Crippen LogP contribution >= 0.6 is 34.8 Å². The van der Waals surface area contributed by atoms with E-state index in [2.05, 4.69) is 11.6 Å². The van der Waals surface area contributed by atoms with Crippen molar-refractivity contribution in [3.63, 3.8) is 0 Å². The summed E-state index contributed by atoms with van der Waals surface area (Å²) in [6, 6.07) is 0. The first-order chi connectivity index (χ1) is 4.57. The molecule has 56 valence electrons. The molecule has 0 spiro atoms. The van der Waals surface area contributed by atoms with Gasteiger partial charge in [0.25, 0.3) is 0 Å². The van der Waals surface area contributed by atoms with Gasteiger partial charge in [0.15, 0.2) is 5.17 Å². The van der Waals surface area contributed by atoms with Gasteiger partial charge in [-0.15, -0.1) is 0 Å². The number of hydrogen-bond acceptors (Lipinski definition) is 2. The highest BCUT2D eigenvalue weighted by Crippen LogP contribution is 2.10. The Hall–Kier alpha value is -0.180. The van der Waals surface area contributed by atoms with Crippen LogP contribution in [0.1, 0.15) is 0 Å². The molecule has 0 heterocycles. The molecule has 2 N–H and O–H groups in total. The van der Waals surface area contributed by atoms with Crippen LogP contribution in [0.3, 0.4) is 0 Å². The maximum absolute atomic E-state index is 5.45. The zero-order valence-electron chi connectivity index (χ0n) is 4.94. The normalized spacial score (nSPS) is 13.5. The highest BCUT2D eigenvalue weighted by Gasteiger charge is 1.97. The molecule has 0 aliphatic carbocycles. The molecule has 0 aromatic rings. The number of rotatable bonds is 2. The zero-order valence-corrected chi connectivity index (χ0v) is 7.21. The summed E-state index contributed by atoms with van der Waals surface area (Å²) in [5, 5.41) is 0.234. The molecule has 0 aromatic heterocycles. The maximum Gasteiger partial charge on any atom is 0.150 e. The van der Waals surface area contributed by atoms with Crippen LogP contribution < -0.4 is 5.73 Å². The molecule has 0 fully saturated rings. The summed E-state index contributed by atoms with van der Waals surface area (Å²) < 4.78 is 0. The Bertz CT molecular complexity index is 195. The van der Waals surface area contributed by atoms with Crippen molar-refractivity contribution in [3.8, 4) is 0 Å². The monoisotopic (exact) mass is 198 g/mol. The molecule has 0 bridgehead atoms. The number of nitrogens with two attached hydrogens (primary N) is 1. The van der Waals surface area contributed by atoms with Crippen molar-refractivity contribution in [1.82, 2.24) is 0 Å². The standard InChI is InChI=1S/C5H5Cl3N2/c1-3(6)10-5(8)4(7)2-9/h2H,1,9H2/b4-2+,10-5?. The van der Waals surface area contributed by atoms with E-state index < -0.39 is 0 Å². The second-order valence-corrected chi connectivity index (χ2v) is 2.49. The van der Waals surface area contributed by atoms with E-state index in [9.17, 15) is 0 Å². The summed E-state index contributed by atoms with van der Waals surface area (Å²) in [6.07, 6.45) is 1.12. The van der Waals surface area contributed by atoms with Crippen molar-refractivity contribution in [2.24, 2.45) is 10.7 Å². The Balaban J connectivity index is 4.35. The third-order valence-corrected chi connectivity index (χ3v) is 1.34. The molecule has 0 aliphatic heterocycles. The van der Waals surface area contributed by atoms with E-state index in [0.717, 1.165) is 6.20 Å². The molecule has 2 nitrogen and oxygen atoms in total.